The van der Waals surface area contributed by atoms with E-state index in [9.17, 15) is 14.4 Å². The van der Waals surface area contributed by atoms with E-state index in [1.165, 1.54) is 21.3 Å². The SMILES string of the molecule is COc1ccc(NC(=O)c2c[nH]c(=O)n(C)c2=O)cc1OC. The molecular formula is C14H15N3O5. The summed E-state index contributed by atoms with van der Waals surface area (Å²) in [5.41, 5.74) is -1.01. The zero-order valence-corrected chi connectivity index (χ0v) is 12.3. The van der Waals surface area contributed by atoms with Crippen LogP contribution in [0.25, 0.3) is 0 Å². The van der Waals surface area contributed by atoms with Gasteiger partial charge in [0.2, 0.25) is 0 Å². The highest BCUT2D eigenvalue weighted by atomic mass is 16.5. The normalized spacial score (nSPS) is 10.1. The van der Waals surface area contributed by atoms with Crippen molar-refractivity contribution in [1.29, 1.82) is 0 Å². The number of benzene rings is 1. The predicted molar refractivity (Wildman–Crippen MR) is 79.8 cm³/mol. The number of H-pyrrole nitrogens is 1. The van der Waals surface area contributed by atoms with Gasteiger partial charge in [-0.25, -0.2) is 4.79 Å². The molecule has 0 unspecified atom stereocenters. The number of nitrogens with zero attached hydrogens (tertiary/aromatic N) is 1. The van der Waals surface area contributed by atoms with Gasteiger partial charge in [-0.3, -0.25) is 14.2 Å². The summed E-state index contributed by atoms with van der Waals surface area (Å²) >= 11 is 0. The maximum Gasteiger partial charge on any atom is 0.328 e. The number of hydrogen-bond acceptors (Lipinski definition) is 5. The molecule has 0 saturated heterocycles. The second kappa shape index (κ2) is 6.17. The smallest absolute Gasteiger partial charge is 0.328 e. The van der Waals surface area contributed by atoms with Crippen molar-refractivity contribution < 1.29 is 14.3 Å². The minimum atomic E-state index is -0.679. The van der Waals surface area contributed by atoms with Crippen LogP contribution in [0.15, 0.2) is 34.0 Å². The van der Waals surface area contributed by atoms with E-state index in [-0.39, 0.29) is 5.56 Å². The Labute approximate surface area is 125 Å². The van der Waals surface area contributed by atoms with Crippen molar-refractivity contribution in [3.63, 3.8) is 0 Å². The Balaban J connectivity index is 2.32. The Morgan fingerprint density at radius 1 is 1.18 bits per heavy atom. The molecule has 2 N–H and O–H groups in total. The van der Waals surface area contributed by atoms with Gasteiger partial charge < -0.3 is 19.8 Å². The quantitative estimate of drug-likeness (QED) is 0.848. The molecule has 0 spiro atoms. The lowest BCUT2D eigenvalue weighted by Gasteiger charge is -2.10. The molecule has 8 nitrogen and oxygen atoms in total. The Hall–Kier alpha value is -3.03. The average molecular weight is 305 g/mol. The Kier molecular flexibility index (Phi) is 4.31. The van der Waals surface area contributed by atoms with Crippen molar-refractivity contribution in [2.24, 2.45) is 7.05 Å². The van der Waals surface area contributed by atoms with E-state index in [1.54, 1.807) is 18.2 Å². The summed E-state index contributed by atoms with van der Waals surface area (Å²) in [4.78, 5) is 37.6. The van der Waals surface area contributed by atoms with Crippen LogP contribution < -0.4 is 26.0 Å². The number of rotatable bonds is 4. The van der Waals surface area contributed by atoms with Gasteiger partial charge in [-0.05, 0) is 12.1 Å². The van der Waals surface area contributed by atoms with Crippen LogP contribution in [-0.2, 0) is 7.05 Å². The highest BCUT2D eigenvalue weighted by Crippen LogP contribution is 2.29. The lowest BCUT2D eigenvalue weighted by atomic mass is 10.2. The first kappa shape index (κ1) is 15.4. The number of anilines is 1. The number of ether oxygens (including phenoxy) is 2. The molecule has 0 radical (unpaired) electrons. The maximum atomic E-state index is 12.1. The molecule has 0 aliphatic carbocycles. The molecule has 2 rings (SSSR count). The van der Waals surface area contributed by atoms with Crippen molar-refractivity contribution in [2.75, 3.05) is 19.5 Å². The van der Waals surface area contributed by atoms with Crippen molar-refractivity contribution in [1.82, 2.24) is 9.55 Å². The molecule has 2 aromatic rings. The first-order valence-electron chi connectivity index (χ1n) is 6.30. The zero-order valence-electron chi connectivity index (χ0n) is 12.3. The highest BCUT2D eigenvalue weighted by molar-refractivity contribution is 6.03. The summed E-state index contributed by atoms with van der Waals surface area (Å²) in [6.45, 7) is 0. The van der Waals surface area contributed by atoms with Gasteiger partial charge in [0.15, 0.2) is 11.5 Å². The molecule has 1 amide bonds. The summed E-state index contributed by atoms with van der Waals surface area (Å²) in [5, 5.41) is 2.56. The number of aromatic nitrogens is 2. The number of methoxy groups -OCH3 is 2. The Bertz CT molecular complexity index is 822. The van der Waals surface area contributed by atoms with Gasteiger partial charge in [0.25, 0.3) is 11.5 Å². The van der Waals surface area contributed by atoms with Crippen LogP contribution in [0, 0.1) is 0 Å². The third-order valence-corrected chi connectivity index (χ3v) is 3.07. The van der Waals surface area contributed by atoms with Crippen LogP contribution >= 0.6 is 0 Å². The van der Waals surface area contributed by atoms with E-state index in [2.05, 4.69) is 10.3 Å². The average Bonchev–Trinajstić information content (AvgIpc) is 2.52. The third kappa shape index (κ3) is 2.85. The standard InChI is InChI=1S/C14H15N3O5/c1-17-13(19)9(7-15-14(17)20)12(18)16-8-4-5-10(21-2)11(6-8)22-3/h4-7H,1-3H3,(H,15,20)(H,16,18). The van der Waals surface area contributed by atoms with Gasteiger partial charge in [0.05, 0.1) is 14.2 Å². The fourth-order valence-electron chi connectivity index (χ4n) is 1.84. The van der Waals surface area contributed by atoms with E-state index in [0.717, 1.165) is 10.8 Å². The number of amides is 1. The lowest BCUT2D eigenvalue weighted by molar-refractivity contribution is 0.102. The number of hydrogen-bond donors (Lipinski definition) is 2. The molecule has 0 atom stereocenters. The first-order chi connectivity index (χ1) is 10.5. The minimum absolute atomic E-state index is 0.170. The topological polar surface area (TPSA) is 102 Å². The predicted octanol–water partition coefficient (Wildman–Crippen LogP) is 0.343. The Morgan fingerprint density at radius 2 is 1.86 bits per heavy atom. The van der Waals surface area contributed by atoms with Crippen LogP contribution in [0.4, 0.5) is 5.69 Å². The molecule has 0 saturated carbocycles. The molecular weight excluding hydrogens is 290 g/mol. The maximum absolute atomic E-state index is 12.1. The molecule has 0 aliphatic rings. The van der Waals surface area contributed by atoms with Crippen LogP contribution in [0.2, 0.25) is 0 Å². The summed E-state index contributed by atoms with van der Waals surface area (Å²) < 4.78 is 11.1. The van der Waals surface area contributed by atoms with E-state index in [0.29, 0.717) is 17.2 Å². The van der Waals surface area contributed by atoms with Crippen molar-refractivity contribution in [3.05, 3.63) is 50.8 Å². The van der Waals surface area contributed by atoms with Crippen LogP contribution in [0.1, 0.15) is 10.4 Å². The molecule has 1 aromatic heterocycles. The van der Waals surface area contributed by atoms with E-state index in [4.69, 9.17) is 9.47 Å². The van der Waals surface area contributed by atoms with Crippen LogP contribution in [0.5, 0.6) is 11.5 Å². The monoisotopic (exact) mass is 305 g/mol. The summed E-state index contributed by atoms with van der Waals surface area (Å²) in [5.74, 6) is 0.319. The Morgan fingerprint density at radius 3 is 2.50 bits per heavy atom. The summed E-state index contributed by atoms with van der Waals surface area (Å²) in [6, 6.07) is 4.79. The lowest BCUT2D eigenvalue weighted by Crippen LogP contribution is -2.37. The minimum Gasteiger partial charge on any atom is -0.493 e. The van der Waals surface area contributed by atoms with Gasteiger partial charge in [-0.15, -0.1) is 0 Å². The van der Waals surface area contributed by atoms with Gasteiger partial charge in [-0.1, -0.05) is 0 Å². The zero-order chi connectivity index (χ0) is 16.3. The third-order valence-electron chi connectivity index (χ3n) is 3.07. The van der Waals surface area contributed by atoms with Gasteiger partial charge in [0, 0.05) is 25.0 Å². The summed E-state index contributed by atoms with van der Waals surface area (Å²) in [7, 11) is 4.26. The number of aromatic amines is 1. The van der Waals surface area contributed by atoms with E-state index < -0.39 is 17.2 Å². The van der Waals surface area contributed by atoms with Crippen molar-refractivity contribution in [2.45, 2.75) is 0 Å². The van der Waals surface area contributed by atoms with Crippen LogP contribution in [0.3, 0.4) is 0 Å². The number of carbonyl (C=O) groups excluding carboxylic acids is 1. The molecule has 1 heterocycles. The fourth-order valence-corrected chi connectivity index (χ4v) is 1.84. The number of nitrogens with one attached hydrogen (secondary N) is 2. The van der Waals surface area contributed by atoms with Gasteiger partial charge >= 0.3 is 5.69 Å². The van der Waals surface area contributed by atoms with Gasteiger partial charge in [0.1, 0.15) is 5.56 Å². The van der Waals surface area contributed by atoms with E-state index >= 15 is 0 Å². The van der Waals surface area contributed by atoms with E-state index in [1.807, 2.05) is 0 Å². The fraction of sp³-hybridized carbons (Fsp3) is 0.214. The number of carbonyl (C=O) groups is 1. The second-order valence-corrected chi connectivity index (χ2v) is 4.40. The second-order valence-electron chi connectivity index (χ2n) is 4.40. The summed E-state index contributed by atoms with van der Waals surface area (Å²) in [6.07, 6.45) is 1.08. The molecule has 22 heavy (non-hydrogen) atoms. The molecule has 8 heteroatoms. The van der Waals surface area contributed by atoms with Gasteiger partial charge in [-0.2, -0.15) is 0 Å². The molecule has 1 aromatic carbocycles. The molecule has 0 bridgehead atoms. The molecule has 0 fully saturated rings. The highest BCUT2D eigenvalue weighted by Gasteiger charge is 2.14. The van der Waals surface area contributed by atoms with Crippen molar-refractivity contribution >= 4 is 11.6 Å². The molecule has 116 valence electrons. The molecule has 0 aliphatic heterocycles. The largest absolute Gasteiger partial charge is 0.493 e. The van der Waals surface area contributed by atoms with Crippen molar-refractivity contribution in [3.8, 4) is 11.5 Å². The first-order valence-corrected chi connectivity index (χ1v) is 6.30. The van der Waals surface area contributed by atoms with Crippen LogP contribution in [-0.4, -0.2) is 29.7 Å².